The van der Waals surface area contributed by atoms with E-state index in [1.54, 1.807) is 18.6 Å². The predicted molar refractivity (Wildman–Crippen MR) is 149 cm³/mol. The van der Waals surface area contributed by atoms with Crippen molar-refractivity contribution in [2.45, 2.75) is 38.5 Å². The molecule has 2 aliphatic heterocycles. The maximum Gasteiger partial charge on any atom is 2.00 e. The third-order valence-corrected chi connectivity index (χ3v) is 8.16. The number of nitrogens with zero attached hydrogens (tertiary/aromatic N) is 11. The van der Waals surface area contributed by atoms with E-state index in [0.29, 0.717) is 62.6 Å². The van der Waals surface area contributed by atoms with Crippen LogP contribution in [0.25, 0.3) is 67.3 Å². The van der Waals surface area contributed by atoms with Crippen molar-refractivity contribution in [1.82, 2.24) is 54.8 Å². The Morgan fingerprint density at radius 2 is 1.05 bits per heavy atom. The summed E-state index contributed by atoms with van der Waals surface area (Å²) in [6.07, 6.45) is 5.15. The first kappa shape index (κ1) is 25.3. The van der Waals surface area contributed by atoms with E-state index in [1.165, 1.54) is 0 Å². The molecule has 0 amide bonds. The van der Waals surface area contributed by atoms with Crippen LogP contribution in [-0.4, -0.2) is 44.9 Å². The Morgan fingerprint density at radius 1 is 0.537 bits per heavy atom. The van der Waals surface area contributed by atoms with Gasteiger partial charge in [-0.1, -0.05) is 39.8 Å². The van der Waals surface area contributed by atoms with Gasteiger partial charge in [-0.2, -0.15) is 0 Å². The predicted octanol–water partition coefficient (Wildman–Crippen LogP) is 4.23. The summed E-state index contributed by atoms with van der Waals surface area (Å²) in [7, 11) is 0. The Kier molecular flexibility index (Phi) is 5.33. The monoisotopic (exact) mass is 581 g/mol. The van der Waals surface area contributed by atoms with Crippen LogP contribution in [0.4, 0.5) is 0 Å². The maximum atomic E-state index is 4.99. The van der Waals surface area contributed by atoms with Crippen LogP contribution in [0.15, 0.2) is 55.0 Å². The van der Waals surface area contributed by atoms with Crippen LogP contribution in [0.2, 0.25) is 0 Å². The smallest absolute Gasteiger partial charge is 0.356 e. The third-order valence-electron chi connectivity index (χ3n) is 8.16. The van der Waals surface area contributed by atoms with E-state index in [4.69, 9.17) is 39.9 Å². The SMILES string of the molecule is CC1(C)c2nc(nc3[n-]c(nc4nc(nc5[n-]c(n2)c2cccnc52)-c2ncccc2-4)c2cccnc32)C1(C)C.[Ni+2]. The Labute approximate surface area is 243 Å². The molecule has 0 N–H and O–H groups in total. The van der Waals surface area contributed by atoms with Gasteiger partial charge in [-0.15, -0.1) is 0 Å². The second-order valence-electron chi connectivity index (χ2n) is 10.9. The summed E-state index contributed by atoms with van der Waals surface area (Å²) in [5.41, 5.74) is 3.52. The van der Waals surface area contributed by atoms with Gasteiger partial charge in [-0.3, -0.25) is 19.9 Å². The fourth-order valence-electron chi connectivity index (χ4n) is 5.09. The Morgan fingerprint density at radius 3 is 1.71 bits per heavy atom. The second-order valence-corrected chi connectivity index (χ2v) is 10.9. The summed E-state index contributed by atoms with van der Waals surface area (Å²) in [6, 6.07) is 11.3. The van der Waals surface area contributed by atoms with Gasteiger partial charge in [0.1, 0.15) is 11.5 Å². The summed E-state index contributed by atoms with van der Waals surface area (Å²) < 4.78 is 0. The van der Waals surface area contributed by atoms with Crippen LogP contribution < -0.4 is 9.97 Å². The van der Waals surface area contributed by atoms with Crippen LogP contribution in [0.3, 0.4) is 0 Å². The van der Waals surface area contributed by atoms with Crippen molar-refractivity contribution < 1.29 is 16.5 Å². The van der Waals surface area contributed by atoms with Crippen LogP contribution in [0, 0.1) is 0 Å². The number of rotatable bonds is 0. The molecule has 0 spiro atoms. The number of aromatic nitrogens is 11. The van der Waals surface area contributed by atoms with E-state index in [9.17, 15) is 0 Å². The van der Waals surface area contributed by atoms with Gasteiger partial charge in [0.15, 0.2) is 0 Å². The molecule has 0 fully saturated rings. The van der Waals surface area contributed by atoms with Gasteiger partial charge in [0.25, 0.3) is 0 Å². The first-order valence-electron chi connectivity index (χ1n) is 12.9. The van der Waals surface area contributed by atoms with E-state index in [-0.39, 0.29) is 16.5 Å². The molecule has 0 aromatic carbocycles. The summed E-state index contributed by atoms with van der Waals surface area (Å²) in [5, 5.41) is 1.55. The summed E-state index contributed by atoms with van der Waals surface area (Å²) in [6.45, 7) is 8.46. The number of pyridine rings is 3. The average molecular weight is 582 g/mol. The standard InChI is InChI=1S/C29H21N11.Ni/c1-28(2)26-38-22-16-10-7-12-31-18(16)24(36-22)37-23-17-14(8-5-11-30-17)20(34-23)33-21-15-9-6-13-32-19(15)25(35-21)39-27(40-26)29(28,3)4;/h5-13H,1-4H3;/q-2;+2. The molecule has 11 nitrogen and oxygen atoms in total. The maximum absolute atomic E-state index is 4.99. The first-order valence-corrected chi connectivity index (χ1v) is 12.9. The van der Waals surface area contributed by atoms with Crippen molar-refractivity contribution in [2.75, 3.05) is 0 Å². The minimum atomic E-state index is -0.464. The van der Waals surface area contributed by atoms with Gasteiger partial charge in [0.05, 0.1) is 28.5 Å². The third kappa shape index (κ3) is 3.53. The fraction of sp³-hybridized carbons (Fsp3) is 0.207. The molecule has 8 bridgehead atoms. The first-order chi connectivity index (χ1) is 19.3. The van der Waals surface area contributed by atoms with Crippen molar-refractivity contribution in [2.24, 2.45) is 0 Å². The second kappa shape index (κ2) is 8.65. The molecule has 8 heterocycles. The van der Waals surface area contributed by atoms with E-state index in [2.05, 4.69) is 42.6 Å². The van der Waals surface area contributed by atoms with E-state index >= 15 is 0 Å². The normalized spacial score (nSPS) is 15.0. The topological polar surface area (TPSA) is 144 Å². The van der Waals surface area contributed by atoms with Crippen LogP contribution >= 0.6 is 0 Å². The largest absolute Gasteiger partial charge is 2.00 e. The van der Waals surface area contributed by atoms with Crippen molar-refractivity contribution in [3.63, 3.8) is 0 Å². The molecule has 41 heavy (non-hydrogen) atoms. The van der Waals surface area contributed by atoms with Gasteiger partial charge >= 0.3 is 16.5 Å². The molecule has 0 atom stereocenters. The summed E-state index contributed by atoms with van der Waals surface area (Å²) in [4.78, 5) is 52.7. The summed E-state index contributed by atoms with van der Waals surface area (Å²) >= 11 is 0. The Balaban J connectivity index is 0.00000276. The molecule has 8 rings (SSSR count). The molecule has 0 aliphatic carbocycles. The summed E-state index contributed by atoms with van der Waals surface area (Å²) in [5.74, 6) is 2.08. The van der Waals surface area contributed by atoms with Crippen LogP contribution in [0.5, 0.6) is 0 Å². The van der Waals surface area contributed by atoms with E-state index in [0.717, 1.165) is 16.3 Å². The van der Waals surface area contributed by atoms with Gasteiger partial charge in [-0.25, -0.2) is 4.98 Å². The zero-order chi connectivity index (χ0) is 27.2. The molecule has 0 radical (unpaired) electrons. The molecular formula is C29H21N11Ni. The zero-order valence-electron chi connectivity index (χ0n) is 22.4. The van der Waals surface area contributed by atoms with E-state index in [1.807, 2.05) is 36.4 Å². The minimum absolute atomic E-state index is 0. The fourth-order valence-corrected chi connectivity index (χ4v) is 5.09. The molecule has 2 aliphatic rings. The molecule has 6 aromatic rings. The number of fused-ring (bicyclic) bond motifs is 17. The van der Waals surface area contributed by atoms with E-state index < -0.39 is 10.8 Å². The molecule has 12 heteroatoms. The molecular weight excluding hydrogens is 561 g/mol. The van der Waals surface area contributed by atoms with Crippen molar-refractivity contribution >= 4 is 44.4 Å². The Hall–Kier alpha value is -4.70. The van der Waals surface area contributed by atoms with Gasteiger partial charge in [0, 0.05) is 68.3 Å². The zero-order valence-corrected chi connectivity index (χ0v) is 23.4. The van der Waals surface area contributed by atoms with Crippen LogP contribution in [0.1, 0.15) is 39.3 Å². The van der Waals surface area contributed by atoms with Crippen molar-refractivity contribution in [3.8, 4) is 22.9 Å². The number of hydrogen-bond acceptors (Lipinski definition) is 9. The molecule has 0 saturated heterocycles. The molecule has 6 aromatic heterocycles. The van der Waals surface area contributed by atoms with Gasteiger partial charge < -0.3 is 29.9 Å². The molecule has 0 unspecified atom stereocenters. The van der Waals surface area contributed by atoms with Crippen molar-refractivity contribution in [3.05, 3.63) is 66.6 Å². The van der Waals surface area contributed by atoms with Crippen LogP contribution in [-0.2, 0) is 27.3 Å². The minimum Gasteiger partial charge on any atom is -0.356 e. The molecule has 0 saturated carbocycles. The molecule has 202 valence electrons. The Bertz CT molecular complexity index is 2050. The van der Waals surface area contributed by atoms with Gasteiger partial charge in [-0.05, 0) is 24.3 Å². The average Bonchev–Trinajstić information content (AvgIpc) is 3.63. The van der Waals surface area contributed by atoms with Crippen molar-refractivity contribution in [1.29, 1.82) is 0 Å². The van der Waals surface area contributed by atoms with Gasteiger partial charge in [0.2, 0.25) is 0 Å². The number of hydrogen-bond donors (Lipinski definition) is 0. The quantitative estimate of drug-likeness (QED) is 0.237.